The number of rotatable bonds is 2. The Bertz CT molecular complexity index is 474. The van der Waals surface area contributed by atoms with E-state index >= 15 is 0 Å². The van der Waals surface area contributed by atoms with E-state index in [0.29, 0.717) is 18.5 Å². The summed E-state index contributed by atoms with van der Waals surface area (Å²) < 4.78 is 0. The molecule has 1 atom stereocenters. The zero-order valence-corrected chi connectivity index (χ0v) is 13.2. The minimum Gasteiger partial charge on any atom is -0.364 e. The molecule has 1 heterocycles. The van der Waals surface area contributed by atoms with E-state index in [9.17, 15) is 0 Å². The molecule has 0 radical (unpaired) electrons. The fraction of sp³-hybridized carbons (Fsp3) is 0.647. The molecule has 0 unspecified atom stereocenters. The van der Waals surface area contributed by atoms with E-state index in [1.54, 1.807) is 0 Å². The Labute approximate surface area is 118 Å². The first-order valence-corrected chi connectivity index (χ1v) is 7.40. The van der Waals surface area contributed by atoms with Crippen molar-refractivity contribution in [1.82, 2.24) is 0 Å². The zero-order chi connectivity index (χ0) is 14.4. The summed E-state index contributed by atoms with van der Waals surface area (Å²) in [5.41, 5.74) is 11.6. The minimum absolute atomic E-state index is 0.219. The Kier molecular flexibility index (Phi) is 3.65. The van der Waals surface area contributed by atoms with E-state index in [0.717, 1.165) is 0 Å². The first-order valence-electron chi connectivity index (χ1n) is 7.40. The lowest BCUT2D eigenvalue weighted by atomic mass is 9.78. The SMILES string of the molecule is Cc1cc2c(cc1CN)[C@H](C)CC(C)(C)N2C(C)C. The maximum absolute atomic E-state index is 5.86. The number of nitrogens with two attached hydrogens (primary N) is 1. The fourth-order valence-corrected chi connectivity index (χ4v) is 3.84. The van der Waals surface area contributed by atoms with Crippen molar-refractivity contribution in [1.29, 1.82) is 0 Å². The largest absolute Gasteiger partial charge is 0.364 e. The van der Waals surface area contributed by atoms with Gasteiger partial charge in [0, 0.05) is 23.8 Å². The second kappa shape index (κ2) is 4.82. The van der Waals surface area contributed by atoms with Crippen LogP contribution in [0.2, 0.25) is 0 Å². The van der Waals surface area contributed by atoms with Gasteiger partial charge in [0.1, 0.15) is 0 Å². The molecule has 0 aliphatic carbocycles. The van der Waals surface area contributed by atoms with Crippen molar-refractivity contribution in [2.75, 3.05) is 4.90 Å². The zero-order valence-electron chi connectivity index (χ0n) is 13.2. The van der Waals surface area contributed by atoms with E-state index in [2.05, 4.69) is 58.6 Å². The van der Waals surface area contributed by atoms with E-state index in [-0.39, 0.29) is 5.54 Å². The second-order valence-corrected chi connectivity index (χ2v) is 6.92. The Hall–Kier alpha value is -1.02. The molecule has 0 spiro atoms. The molecule has 0 bridgehead atoms. The number of benzene rings is 1. The average molecular weight is 260 g/mol. The highest BCUT2D eigenvalue weighted by atomic mass is 15.2. The molecule has 1 aromatic carbocycles. The van der Waals surface area contributed by atoms with Gasteiger partial charge >= 0.3 is 0 Å². The summed E-state index contributed by atoms with van der Waals surface area (Å²) in [6, 6.07) is 5.19. The number of fused-ring (bicyclic) bond motifs is 1. The van der Waals surface area contributed by atoms with Gasteiger partial charge in [0.05, 0.1) is 0 Å². The first kappa shape index (κ1) is 14.4. The Morgan fingerprint density at radius 3 is 2.53 bits per heavy atom. The van der Waals surface area contributed by atoms with Crippen LogP contribution in [0.15, 0.2) is 12.1 Å². The standard InChI is InChI=1S/C17H28N2/c1-11(2)19-16-7-12(3)14(10-18)8-15(16)13(4)9-17(19,5)6/h7-8,11,13H,9-10,18H2,1-6H3/t13-/m1/s1. The van der Waals surface area contributed by atoms with Crippen LogP contribution >= 0.6 is 0 Å². The Morgan fingerprint density at radius 2 is 2.00 bits per heavy atom. The molecule has 0 saturated carbocycles. The number of hydrogen-bond donors (Lipinski definition) is 1. The van der Waals surface area contributed by atoms with Crippen molar-refractivity contribution in [2.45, 2.75) is 72.0 Å². The predicted octanol–water partition coefficient (Wildman–Crippen LogP) is 3.95. The van der Waals surface area contributed by atoms with E-state index in [1.165, 1.54) is 28.8 Å². The topological polar surface area (TPSA) is 29.3 Å². The summed E-state index contributed by atoms with van der Waals surface area (Å²) in [6.07, 6.45) is 1.20. The van der Waals surface area contributed by atoms with Crippen molar-refractivity contribution >= 4 is 5.69 Å². The molecule has 2 nitrogen and oxygen atoms in total. The highest BCUT2D eigenvalue weighted by Gasteiger charge is 2.37. The van der Waals surface area contributed by atoms with Crippen LogP contribution in [0.25, 0.3) is 0 Å². The number of nitrogens with zero attached hydrogens (tertiary/aromatic N) is 1. The van der Waals surface area contributed by atoms with Gasteiger partial charge in [-0.2, -0.15) is 0 Å². The van der Waals surface area contributed by atoms with Crippen LogP contribution in [0.1, 0.15) is 63.6 Å². The molecule has 0 fully saturated rings. The quantitative estimate of drug-likeness (QED) is 0.872. The molecule has 1 aliphatic rings. The van der Waals surface area contributed by atoms with Crippen LogP contribution < -0.4 is 10.6 Å². The summed E-state index contributed by atoms with van der Waals surface area (Å²) >= 11 is 0. The second-order valence-electron chi connectivity index (χ2n) is 6.92. The highest BCUT2D eigenvalue weighted by Crippen LogP contribution is 2.45. The van der Waals surface area contributed by atoms with Crippen LogP contribution in [-0.2, 0) is 6.54 Å². The van der Waals surface area contributed by atoms with Crippen molar-refractivity contribution in [2.24, 2.45) is 5.73 Å². The van der Waals surface area contributed by atoms with Gasteiger partial charge in [-0.3, -0.25) is 0 Å². The molecule has 0 aromatic heterocycles. The third-order valence-corrected chi connectivity index (χ3v) is 4.47. The molecule has 1 aromatic rings. The van der Waals surface area contributed by atoms with Crippen LogP contribution in [0.3, 0.4) is 0 Å². The van der Waals surface area contributed by atoms with Crippen LogP contribution in [0.5, 0.6) is 0 Å². The number of hydrogen-bond acceptors (Lipinski definition) is 2. The van der Waals surface area contributed by atoms with Gasteiger partial charge in [-0.15, -0.1) is 0 Å². The van der Waals surface area contributed by atoms with Gasteiger partial charge in [0.15, 0.2) is 0 Å². The fourth-order valence-electron chi connectivity index (χ4n) is 3.84. The monoisotopic (exact) mass is 260 g/mol. The van der Waals surface area contributed by atoms with Gasteiger partial charge < -0.3 is 10.6 Å². The lowest BCUT2D eigenvalue weighted by Gasteiger charge is -2.50. The third kappa shape index (κ3) is 2.38. The normalized spacial score (nSPS) is 21.7. The van der Waals surface area contributed by atoms with Crippen LogP contribution in [0.4, 0.5) is 5.69 Å². The van der Waals surface area contributed by atoms with Crippen molar-refractivity contribution in [3.63, 3.8) is 0 Å². The average Bonchev–Trinajstić information content (AvgIpc) is 2.26. The van der Waals surface area contributed by atoms with E-state index < -0.39 is 0 Å². The van der Waals surface area contributed by atoms with Gasteiger partial charge in [-0.25, -0.2) is 0 Å². The molecule has 0 amide bonds. The van der Waals surface area contributed by atoms with E-state index in [1.807, 2.05) is 0 Å². The van der Waals surface area contributed by atoms with Gasteiger partial charge in [-0.1, -0.05) is 13.0 Å². The lowest BCUT2D eigenvalue weighted by Crippen LogP contribution is -2.51. The lowest BCUT2D eigenvalue weighted by molar-refractivity contribution is 0.356. The van der Waals surface area contributed by atoms with Crippen molar-refractivity contribution < 1.29 is 0 Å². The molecule has 2 rings (SSSR count). The number of anilines is 1. The van der Waals surface area contributed by atoms with Gasteiger partial charge in [0.2, 0.25) is 0 Å². The predicted molar refractivity (Wildman–Crippen MR) is 83.8 cm³/mol. The molecule has 1 aliphatic heterocycles. The maximum atomic E-state index is 5.86. The van der Waals surface area contributed by atoms with Crippen molar-refractivity contribution in [3.05, 3.63) is 28.8 Å². The molecule has 106 valence electrons. The number of aryl methyl sites for hydroxylation is 1. The smallest absolute Gasteiger partial charge is 0.0411 e. The molecule has 0 saturated heterocycles. The summed E-state index contributed by atoms with van der Waals surface area (Å²) in [6.45, 7) is 14.4. The summed E-state index contributed by atoms with van der Waals surface area (Å²) in [5.74, 6) is 0.603. The Morgan fingerprint density at radius 1 is 1.37 bits per heavy atom. The van der Waals surface area contributed by atoms with Crippen molar-refractivity contribution in [3.8, 4) is 0 Å². The van der Waals surface area contributed by atoms with Gasteiger partial charge in [-0.05, 0) is 69.7 Å². The Balaban J connectivity index is 2.62. The molecular formula is C17H28N2. The summed E-state index contributed by atoms with van der Waals surface area (Å²) in [4.78, 5) is 2.58. The minimum atomic E-state index is 0.219. The molecule has 2 N–H and O–H groups in total. The highest BCUT2D eigenvalue weighted by molar-refractivity contribution is 5.63. The molecule has 19 heavy (non-hydrogen) atoms. The molecule has 2 heteroatoms. The van der Waals surface area contributed by atoms with Crippen LogP contribution in [0, 0.1) is 6.92 Å². The maximum Gasteiger partial charge on any atom is 0.0411 e. The third-order valence-electron chi connectivity index (χ3n) is 4.47. The first-order chi connectivity index (χ1) is 8.77. The molecular weight excluding hydrogens is 232 g/mol. The van der Waals surface area contributed by atoms with E-state index in [4.69, 9.17) is 5.73 Å². The van der Waals surface area contributed by atoms with Crippen LogP contribution in [-0.4, -0.2) is 11.6 Å². The summed E-state index contributed by atoms with van der Waals surface area (Å²) in [5, 5.41) is 0. The summed E-state index contributed by atoms with van der Waals surface area (Å²) in [7, 11) is 0. The van der Waals surface area contributed by atoms with Gasteiger partial charge in [0.25, 0.3) is 0 Å².